The fourth-order valence-electron chi connectivity index (χ4n) is 3.18. The molecule has 0 aliphatic heterocycles. The highest BCUT2D eigenvalue weighted by molar-refractivity contribution is 6.34. The molecule has 4 rings (SSSR count). The molecule has 0 spiro atoms. The van der Waals surface area contributed by atoms with Crippen molar-refractivity contribution in [3.05, 3.63) is 77.3 Å². The summed E-state index contributed by atoms with van der Waals surface area (Å²) in [7, 11) is 0. The van der Waals surface area contributed by atoms with Gasteiger partial charge in [-0.25, -0.2) is 0 Å². The van der Waals surface area contributed by atoms with E-state index >= 15 is 0 Å². The van der Waals surface area contributed by atoms with Gasteiger partial charge in [0, 0.05) is 0 Å². The molecule has 1 aromatic heterocycles. The van der Waals surface area contributed by atoms with E-state index in [1.807, 2.05) is 30.3 Å². The molecular formula is C24H23ClN4O2. The Hall–Kier alpha value is -3.38. The van der Waals surface area contributed by atoms with E-state index in [0.717, 1.165) is 12.1 Å². The Morgan fingerprint density at radius 3 is 2.45 bits per heavy atom. The van der Waals surface area contributed by atoms with E-state index in [2.05, 4.69) is 34.6 Å². The van der Waals surface area contributed by atoms with E-state index in [4.69, 9.17) is 16.3 Å². The van der Waals surface area contributed by atoms with Crippen LogP contribution < -0.4 is 10.1 Å². The van der Waals surface area contributed by atoms with Crippen LogP contribution in [0.3, 0.4) is 0 Å². The van der Waals surface area contributed by atoms with E-state index < -0.39 is 0 Å². The van der Waals surface area contributed by atoms with E-state index in [-0.39, 0.29) is 12.5 Å². The molecule has 0 bridgehead atoms. The molecule has 3 aromatic carbocycles. The quantitative estimate of drug-likeness (QED) is 0.401. The highest BCUT2D eigenvalue weighted by Gasteiger charge is 2.12. The second-order valence-corrected chi connectivity index (χ2v) is 7.64. The van der Waals surface area contributed by atoms with Gasteiger partial charge in [-0.2, -0.15) is 4.80 Å². The van der Waals surface area contributed by atoms with Gasteiger partial charge >= 0.3 is 0 Å². The predicted molar refractivity (Wildman–Crippen MR) is 123 cm³/mol. The topological polar surface area (TPSA) is 69.0 Å². The summed E-state index contributed by atoms with van der Waals surface area (Å²) in [5.74, 6) is 0.322. The van der Waals surface area contributed by atoms with Gasteiger partial charge < -0.3 is 10.1 Å². The van der Waals surface area contributed by atoms with Gasteiger partial charge in [0.25, 0.3) is 5.91 Å². The van der Waals surface area contributed by atoms with Gasteiger partial charge in [0.1, 0.15) is 16.8 Å². The van der Waals surface area contributed by atoms with Crippen LogP contribution in [0.15, 0.2) is 66.7 Å². The van der Waals surface area contributed by atoms with Crippen molar-refractivity contribution < 1.29 is 9.53 Å². The Morgan fingerprint density at radius 1 is 1.03 bits per heavy atom. The number of carbonyl (C=O) groups is 1. The molecule has 1 N–H and O–H groups in total. The van der Waals surface area contributed by atoms with Crippen LogP contribution in [-0.2, 0) is 11.2 Å². The highest BCUT2D eigenvalue weighted by Crippen LogP contribution is 2.27. The van der Waals surface area contributed by atoms with Crippen LogP contribution in [0.2, 0.25) is 5.02 Å². The Bertz CT molecular complexity index is 1170. The zero-order chi connectivity index (χ0) is 21.6. The average Bonchev–Trinajstić information content (AvgIpc) is 3.20. The molecule has 0 saturated heterocycles. The number of unbranched alkanes of at least 4 members (excludes halogenated alkanes) is 1. The van der Waals surface area contributed by atoms with Crippen molar-refractivity contribution >= 4 is 34.2 Å². The molecule has 1 amide bonds. The fraction of sp³-hybridized carbons (Fsp3) is 0.208. The number of halogens is 1. The summed E-state index contributed by atoms with van der Waals surface area (Å²) in [4.78, 5) is 13.8. The molecule has 0 aliphatic carbocycles. The van der Waals surface area contributed by atoms with Crippen molar-refractivity contribution in [2.45, 2.75) is 26.2 Å². The summed E-state index contributed by atoms with van der Waals surface area (Å²) in [6.45, 7) is 2.07. The summed E-state index contributed by atoms with van der Waals surface area (Å²) in [5, 5.41) is 12.2. The first kappa shape index (κ1) is 20.9. The van der Waals surface area contributed by atoms with Crippen molar-refractivity contribution in [2.75, 3.05) is 11.9 Å². The van der Waals surface area contributed by atoms with Gasteiger partial charge in [-0.15, -0.1) is 10.2 Å². The molecule has 0 aliphatic rings. The van der Waals surface area contributed by atoms with E-state index in [1.165, 1.54) is 18.4 Å². The maximum absolute atomic E-state index is 12.3. The van der Waals surface area contributed by atoms with E-state index in [0.29, 0.717) is 27.5 Å². The van der Waals surface area contributed by atoms with Gasteiger partial charge in [-0.3, -0.25) is 4.79 Å². The normalized spacial score (nSPS) is 10.9. The zero-order valence-electron chi connectivity index (χ0n) is 17.2. The lowest BCUT2D eigenvalue weighted by Gasteiger charge is -2.08. The van der Waals surface area contributed by atoms with Crippen molar-refractivity contribution in [3.63, 3.8) is 0 Å². The second kappa shape index (κ2) is 9.62. The Balaban J connectivity index is 1.47. The summed E-state index contributed by atoms with van der Waals surface area (Å²) < 4.78 is 5.48. The number of benzene rings is 3. The second-order valence-electron chi connectivity index (χ2n) is 7.23. The number of nitrogens with one attached hydrogen (secondary N) is 1. The molecule has 0 unspecified atom stereocenters. The molecule has 31 heavy (non-hydrogen) atoms. The van der Waals surface area contributed by atoms with Gasteiger partial charge in [-0.05, 0) is 54.8 Å². The third kappa shape index (κ3) is 5.22. The Kier molecular flexibility index (Phi) is 6.48. The van der Waals surface area contributed by atoms with Crippen molar-refractivity contribution in [3.8, 4) is 11.4 Å². The summed E-state index contributed by atoms with van der Waals surface area (Å²) in [5.41, 5.74) is 3.93. The number of ether oxygens (including phenoxy) is 1. The van der Waals surface area contributed by atoms with Crippen LogP contribution in [0.4, 0.5) is 5.69 Å². The number of aromatic nitrogens is 3. The van der Waals surface area contributed by atoms with Crippen molar-refractivity contribution in [1.29, 1.82) is 0 Å². The lowest BCUT2D eigenvalue weighted by molar-refractivity contribution is -0.118. The molecule has 4 aromatic rings. The molecule has 0 radical (unpaired) electrons. The maximum atomic E-state index is 12.3. The summed E-state index contributed by atoms with van der Waals surface area (Å²) in [6.07, 6.45) is 3.41. The molecular weight excluding hydrogens is 412 g/mol. The summed E-state index contributed by atoms with van der Waals surface area (Å²) in [6, 6.07) is 20.8. The van der Waals surface area contributed by atoms with Gasteiger partial charge in [0.2, 0.25) is 0 Å². The number of fused-ring (bicyclic) bond motifs is 1. The maximum Gasteiger partial charge on any atom is 0.262 e. The number of nitrogens with zero attached hydrogens (tertiary/aromatic N) is 3. The minimum atomic E-state index is -0.305. The molecule has 158 valence electrons. The van der Waals surface area contributed by atoms with Gasteiger partial charge in [0.05, 0.1) is 16.4 Å². The first-order valence-corrected chi connectivity index (χ1v) is 10.6. The minimum absolute atomic E-state index is 0.116. The van der Waals surface area contributed by atoms with Crippen LogP contribution in [0.25, 0.3) is 16.7 Å². The third-order valence-corrected chi connectivity index (χ3v) is 5.16. The number of para-hydroxylation sites is 1. The zero-order valence-corrected chi connectivity index (χ0v) is 18.0. The van der Waals surface area contributed by atoms with Crippen molar-refractivity contribution in [1.82, 2.24) is 15.0 Å². The van der Waals surface area contributed by atoms with Crippen molar-refractivity contribution in [2.24, 2.45) is 0 Å². The van der Waals surface area contributed by atoms with Crippen LogP contribution in [0.5, 0.6) is 5.75 Å². The third-order valence-electron chi connectivity index (χ3n) is 4.84. The van der Waals surface area contributed by atoms with Crippen LogP contribution >= 0.6 is 11.6 Å². The number of hydrogen-bond donors (Lipinski definition) is 1. The molecule has 0 fully saturated rings. The fourth-order valence-corrected chi connectivity index (χ4v) is 3.38. The highest BCUT2D eigenvalue weighted by atomic mass is 35.5. The molecule has 6 nitrogen and oxygen atoms in total. The first-order chi connectivity index (χ1) is 15.1. The van der Waals surface area contributed by atoms with E-state index in [1.54, 1.807) is 29.1 Å². The first-order valence-electron chi connectivity index (χ1n) is 10.3. The smallest absolute Gasteiger partial charge is 0.262 e. The lowest BCUT2D eigenvalue weighted by Crippen LogP contribution is -2.20. The van der Waals surface area contributed by atoms with Gasteiger partial charge in [-0.1, -0.05) is 55.3 Å². The van der Waals surface area contributed by atoms with Crippen LogP contribution in [0.1, 0.15) is 25.3 Å². The minimum Gasteiger partial charge on any atom is -0.484 e. The SMILES string of the molecule is CCCCc1ccc(-n2nc3cc(Cl)c(NC(=O)COc4ccccc4)cc3n2)cc1. The monoisotopic (exact) mass is 434 g/mol. The molecule has 7 heteroatoms. The largest absolute Gasteiger partial charge is 0.484 e. The average molecular weight is 435 g/mol. The standard InChI is InChI=1S/C24H23ClN4O2/c1-2-3-7-17-10-12-18(13-11-17)29-27-22-14-20(25)21(15-23(22)28-29)26-24(30)16-31-19-8-5-4-6-9-19/h4-6,8-15H,2-3,7,16H2,1H3,(H,26,30). The number of rotatable bonds is 8. The Morgan fingerprint density at radius 2 is 1.74 bits per heavy atom. The molecule has 1 heterocycles. The Labute approximate surface area is 185 Å². The van der Waals surface area contributed by atoms with Crippen LogP contribution in [-0.4, -0.2) is 27.5 Å². The number of hydrogen-bond acceptors (Lipinski definition) is 4. The number of anilines is 1. The molecule has 0 saturated carbocycles. The van der Waals surface area contributed by atoms with Crippen LogP contribution in [0, 0.1) is 0 Å². The number of carbonyl (C=O) groups excluding carboxylic acids is 1. The number of aryl methyl sites for hydroxylation is 1. The lowest BCUT2D eigenvalue weighted by atomic mass is 10.1. The predicted octanol–water partition coefficient (Wildman–Crippen LogP) is 5.43. The number of amides is 1. The van der Waals surface area contributed by atoms with Gasteiger partial charge in [0.15, 0.2) is 6.61 Å². The molecule has 0 atom stereocenters. The van der Waals surface area contributed by atoms with E-state index in [9.17, 15) is 4.79 Å². The summed E-state index contributed by atoms with van der Waals surface area (Å²) >= 11 is 6.36.